The zero-order valence-electron chi connectivity index (χ0n) is 18.9. The second-order valence-electron chi connectivity index (χ2n) is 9.90. The number of carbonyl (C=O) groups excluding carboxylic acids is 2. The lowest BCUT2D eigenvalue weighted by molar-refractivity contribution is -0.132. The van der Waals surface area contributed by atoms with Crippen LogP contribution in [0.2, 0.25) is 0 Å². The van der Waals surface area contributed by atoms with Crippen molar-refractivity contribution >= 4 is 34.8 Å². The van der Waals surface area contributed by atoms with Gasteiger partial charge >= 0.3 is 5.97 Å². The number of hydrogen-bond acceptors (Lipinski definition) is 5. The number of thiophene rings is 1. The third kappa shape index (κ3) is 4.95. The average Bonchev–Trinajstić information content (AvgIpc) is 3.29. The van der Waals surface area contributed by atoms with E-state index in [0.29, 0.717) is 24.6 Å². The summed E-state index contributed by atoms with van der Waals surface area (Å²) in [5, 5.41) is 19.2. The number of rotatable bonds is 6. The van der Waals surface area contributed by atoms with E-state index in [1.165, 1.54) is 16.2 Å². The van der Waals surface area contributed by atoms with Gasteiger partial charge in [-0.25, -0.2) is 4.79 Å². The largest absolute Gasteiger partial charge is 0.477 e. The quantitative estimate of drug-likeness (QED) is 0.691. The highest BCUT2D eigenvalue weighted by Crippen LogP contribution is 2.41. The molecule has 1 aliphatic carbocycles. The minimum atomic E-state index is -1.08. The van der Waals surface area contributed by atoms with Gasteiger partial charge in [0.25, 0.3) is 0 Å². The molecular weight excluding hydrogens is 416 g/mol. The molecule has 8 heteroatoms. The van der Waals surface area contributed by atoms with Gasteiger partial charge in [0.1, 0.15) is 10.9 Å². The molecule has 2 heterocycles. The van der Waals surface area contributed by atoms with Crippen molar-refractivity contribution in [2.75, 3.05) is 24.6 Å². The highest BCUT2D eigenvalue weighted by Gasteiger charge is 2.43. The van der Waals surface area contributed by atoms with Crippen molar-refractivity contribution in [3.05, 3.63) is 15.8 Å². The molecule has 1 saturated carbocycles. The molecule has 1 saturated heterocycles. The minimum absolute atomic E-state index is 0.107. The van der Waals surface area contributed by atoms with E-state index in [-0.39, 0.29) is 41.2 Å². The Balaban J connectivity index is 2.04. The molecule has 7 nitrogen and oxygen atoms in total. The molecule has 1 aromatic heterocycles. The van der Waals surface area contributed by atoms with Gasteiger partial charge in [0, 0.05) is 23.9 Å². The number of β-amino-alcohol motifs (C(OH)–C–C–N with tert-alkyl or cyclic N) is 1. The summed E-state index contributed by atoms with van der Waals surface area (Å²) in [7, 11) is 0. The van der Waals surface area contributed by atoms with Crippen molar-refractivity contribution < 1.29 is 24.6 Å². The van der Waals surface area contributed by atoms with Crippen molar-refractivity contribution in [3.63, 3.8) is 0 Å². The van der Waals surface area contributed by atoms with Gasteiger partial charge in [0.2, 0.25) is 11.8 Å². The molecule has 31 heavy (non-hydrogen) atoms. The summed E-state index contributed by atoms with van der Waals surface area (Å²) in [6, 6.07) is 1.07. The van der Waals surface area contributed by atoms with E-state index in [1.807, 2.05) is 20.8 Å². The fraction of sp³-hybridized carbons (Fsp3) is 0.696. The highest BCUT2D eigenvalue weighted by molar-refractivity contribution is 7.14. The van der Waals surface area contributed by atoms with Gasteiger partial charge in [0.05, 0.1) is 12.3 Å². The molecular formula is C23H34N2O5S. The lowest BCUT2D eigenvalue weighted by Crippen LogP contribution is -2.49. The number of amides is 2. The minimum Gasteiger partial charge on any atom is -0.477 e. The number of likely N-dealkylation sites (tertiary alicyclic amines) is 1. The van der Waals surface area contributed by atoms with Crippen LogP contribution in [-0.2, 0) is 15.0 Å². The smallest absolute Gasteiger partial charge is 0.348 e. The Hall–Kier alpha value is -1.93. The van der Waals surface area contributed by atoms with Crippen LogP contribution in [-0.4, -0.2) is 58.6 Å². The fourth-order valence-electron chi connectivity index (χ4n) is 4.53. The van der Waals surface area contributed by atoms with Gasteiger partial charge in [-0.2, -0.15) is 0 Å². The molecule has 0 unspecified atom stereocenters. The Labute approximate surface area is 188 Å². The molecule has 2 aliphatic rings. The molecule has 0 radical (unpaired) electrons. The van der Waals surface area contributed by atoms with Gasteiger partial charge in [-0.3, -0.25) is 14.5 Å². The summed E-state index contributed by atoms with van der Waals surface area (Å²) in [4.78, 5) is 43.0. The van der Waals surface area contributed by atoms with E-state index in [4.69, 9.17) is 0 Å². The van der Waals surface area contributed by atoms with E-state index < -0.39 is 12.0 Å². The molecule has 3 rings (SSSR count). The molecule has 2 fully saturated rings. The van der Waals surface area contributed by atoms with Crippen LogP contribution in [0.5, 0.6) is 0 Å². The number of aliphatic hydroxyl groups is 1. The van der Waals surface area contributed by atoms with Crippen LogP contribution in [0.15, 0.2) is 6.07 Å². The van der Waals surface area contributed by atoms with Gasteiger partial charge in [-0.1, -0.05) is 27.7 Å². The fourth-order valence-corrected chi connectivity index (χ4v) is 5.58. The molecule has 1 atom stereocenters. The molecule has 1 aliphatic heterocycles. The number of hydrogen-bond donors (Lipinski definition) is 2. The van der Waals surface area contributed by atoms with Crippen LogP contribution in [0.25, 0.3) is 0 Å². The Morgan fingerprint density at radius 2 is 1.84 bits per heavy atom. The van der Waals surface area contributed by atoms with Crippen LogP contribution in [0.3, 0.4) is 0 Å². The van der Waals surface area contributed by atoms with E-state index in [0.717, 1.165) is 30.6 Å². The predicted molar refractivity (Wildman–Crippen MR) is 121 cm³/mol. The monoisotopic (exact) mass is 450 g/mol. The van der Waals surface area contributed by atoms with Gasteiger partial charge in [0.15, 0.2) is 0 Å². The SMILES string of the molecule is CC1CCC(C(=O)N(c2cc(C(C)(C)C)sc2C(=O)O)[C@H]2CCN(CCO)C2=O)CC1. The highest BCUT2D eigenvalue weighted by atomic mass is 32.1. The number of aliphatic hydroxyl groups excluding tert-OH is 1. The van der Waals surface area contributed by atoms with Crippen molar-refractivity contribution in [1.82, 2.24) is 4.90 Å². The Kier molecular flexibility index (Phi) is 7.11. The van der Waals surface area contributed by atoms with Gasteiger partial charge in [-0.15, -0.1) is 11.3 Å². The summed E-state index contributed by atoms with van der Waals surface area (Å²) in [6.07, 6.45) is 3.88. The van der Waals surface area contributed by atoms with Crippen molar-refractivity contribution in [2.45, 2.75) is 71.3 Å². The maximum absolute atomic E-state index is 13.8. The summed E-state index contributed by atoms with van der Waals surface area (Å²) in [5.41, 5.74) is 0.0697. The average molecular weight is 451 g/mol. The van der Waals surface area contributed by atoms with Gasteiger partial charge < -0.3 is 15.1 Å². The Morgan fingerprint density at radius 1 is 1.19 bits per heavy atom. The van der Waals surface area contributed by atoms with E-state index in [2.05, 4.69) is 6.92 Å². The second kappa shape index (κ2) is 9.28. The number of carboxylic acids is 1. The summed E-state index contributed by atoms with van der Waals surface area (Å²) in [5.74, 6) is -1.06. The summed E-state index contributed by atoms with van der Waals surface area (Å²) in [6.45, 7) is 8.74. The summed E-state index contributed by atoms with van der Waals surface area (Å²) < 4.78 is 0. The number of nitrogens with zero attached hydrogens (tertiary/aromatic N) is 2. The van der Waals surface area contributed by atoms with E-state index in [1.54, 1.807) is 11.0 Å². The van der Waals surface area contributed by atoms with E-state index in [9.17, 15) is 24.6 Å². The first-order valence-corrected chi connectivity index (χ1v) is 12.0. The molecule has 2 amide bonds. The lowest BCUT2D eigenvalue weighted by Gasteiger charge is -2.34. The van der Waals surface area contributed by atoms with Crippen LogP contribution >= 0.6 is 11.3 Å². The van der Waals surface area contributed by atoms with Crippen LogP contribution in [0.4, 0.5) is 5.69 Å². The normalized spacial score (nSPS) is 24.5. The standard InChI is InChI=1S/C23H34N2O5S/c1-14-5-7-15(8-6-14)20(27)25(16-9-10-24(11-12-26)21(16)28)17-13-18(23(2,3)4)31-19(17)22(29)30/h13-16,26H,5-12H2,1-4H3,(H,29,30)/t14?,15?,16-/m0/s1. The van der Waals surface area contributed by atoms with Crippen molar-refractivity contribution in [3.8, 4) is 0 Å². The van der Waals surface area contributed by atoms with Crippen LogP contribution in [0, 0.1) is 11.8 Å². The number of aromatic carboxylic acids is 1. The Morgan fingerprint density at radius 3 is 2.39 bits per heavy atom. The van der Waals surface area contributed by atoms with Crippen molar-refractivity contribution in [1.29, 1.82) is 0 Å². The third-order valence-corrected chi connectivity index (χ3v) is 8.00. The zero-order chi connectivity index (χ0) is 22.9. The van der Waals surface area contributed by atoms with Gasteiger partial charge in [-0.05, 0) is 49.5 Å². The molecule has 2 N–H and O–H groups in total. The molecule has 0 spiro atoms. The molecule has 0 aromatic carbocycles. The first-order chi connectivity index (χ1) is 14.5. The predicted octanol–water partition coefficient (Wildman–Crippen LogP) is 3.50. The number of anilines is 1. The lowest BCUT2D eigenvalue weighted by atomic mass is 9.82. The molecule has 172 valence electrons. The van der Waals surface area contributed by atoms with E-state index >= 15 is 0 Å². The third-order valence-electron chi connectivity index (χ3n) is 6.46. The van der Waals surface area contributed by atoms with Crippen LogP contribution in [0.1, 0.15) is 74.3 Å². The first kappa shape index (κ1) is 23.7. The zero-order valence-corrected chi connectivity index (χ0v) is 19.7. The Bertz CT molecular complexity index is 836. The molecule has 1 aromatic rings. The molecule has 0 bridgehead atoms. The van der Waals surface area contributed by atoms with Crippen LogP contribution < -0.4 is 4.90 Å². The topological polar surface area (TPSA) is 98.2 Å². The first-order valence-electron chi connectivity index (χ1n) is 11.1. The number of carbonyl (C=O) groups is 3. The second-order valence-corrected chi connectivity index (χ2v) is 11.0. The van der Waals surface area contributed by atoms with Crippen molar-refractivity contribution in [2.24, 2.45) is 11.8 Å². The maximum Gasteiger partial charge on any atom is 0.348 e. The number of carboxylic acid groups (broad SMARTS) is 1. The maximum atomic E-state index is 13.8. The summed E-state index contributed by atoms with van der Waals surface area (Å²) >= 11 is 1.18.